The van der Waals surface area contributed by atoms with E-state index in [9.17, 15) is 4.79 Å². The lowest BCUT2D eigenvalue weighted by Gasteiger charge is -2.20. The largest absolute Gasteiger partial charge is 0.351 e. The van der Waals surface area contributed by atoms with E-state index in [2.05, 4.69) is 15.6 Å². The number of hydrogen-bond acceptors (Lipinski definition) is 4. The Morgan fingerprint density at radius 2 is 2.18 bits per heavy atom. The topological polar surface area (TPSA) is 54.0 Å². The highest BCUT2D eigenvalue weighted by Gasteiger charge is 2.12. The summed E-state index contributed by atoms with van der Waals surface area (Å²) in [4.78, 5) is 15.9. The van der Waals surface area contributed by atoms with Gasteiger partial charge in [-0.2, -0.15) is 0 Å². The molecule has 2 N–H and O–H groups in total. The molecule has 1 heterocycles. The van der Waals surface area contributed by atoms with E-state index in [-0.39, 0.29) is 11.4 Å². The molecule has 0 bridgehead atoms. The van der Waals surface area contributed by atoms with Crippen molar-refractivity contribution in [1.29, 1.82) is 0 Å². The first-order valence-electron chi connectivity index (χ1n) is 5.79. The maximum absolute atomic E-state index is 11.5. The molecule has 0 spiro atoms. The molecule has 0 fully saturated rings. The van der Waals surface area contributed by atoms with Gasteiger partial charge >= 0.3 is 0 Å². The van der Waals surface area contributed by atoms with Gasteiger partial charge in [-0.25, -0.2) is 4.98 Å². The van der Waals surface area contributed by atoms with Crippen molar-refractivity contribution in [3.8, 4) is 0 Å². The molecule has 0 atom stereocenters. The van der Waals surface area contributed by atoms with Crippen LogP contribution in [0, 0.1) is 6.92 Å². The third-order valence-electron chi connectivity index (χ3n) is 1.99. The number of carbonyl (C=O) groups excluding carboxylic acids is 1. The molecular weight excluding hydrogens is 234 g/mol. The minimum Gasteiger partial charge on any atom is -0.351 e. The van der Waals surface area contributed by atoms with Crippen LogP contribution < -0.4 is 10.6 Å². The Balaban J connectivity index is 2.14. The van der Waals surface area contributed by atoms with Crippen molar-refractivity contribution in [2.24, 2.45) is 0 Å². The summed E-state index contributed by atoms with van der Waals surface area (Å²) in [6.07, 6.45) is 0.502. The molecule has 0 radical (unpaired) electrons. The van der Waals surface area contributed by atoms with Gasteiger partial charge in [0.05, 0.1) is 0 Å². The Morgan fingerprint density at radius 1 is 1.47 bits per heavy atom. The minimum atomic E-state index is -0.149. The summed E-state index contributed by atoms with van der Waals surface area (Å²) in [5.74, 6) is 0.0836. The Labute approximate surface area is 107 Å². The third-order valence-corrected chi connectivity index (χ3v) is 2.95. The van der Waals surface area contributed by atoms with Crippen LogP contribution in [0.2, 0.25) is 0 Å². The highest BCUT2D eigenvalue weighted by atomic mass is 32.1. The number of nitrogens with one attached hydrogen (secondary N) is 2. The molecule has 1 amide bonds. The zero-order valence-electron chi connectivity index (χ0n) is 11.0. The van der Waals surface area contributed by atoms with Crippen molar-refractivity contribution < 1.29 is 4.79 Å². The van der Waals surface area contributed by atoms with E-state index >= 15 is 0 Å². The molecule has 96 valence electrons. The normalized spacial score (nSPS) is 11.5. The summed E-state index contributed by atoms with van der Waals surface area (Å²) in [7, 11) is 0. The van der Waals surface area contributed by atoms with Gasteiger partial charge in [-0.3, -0.25) is 4.79 Å². The van der Waals surface area contributed by atoms with Crippen LogP contribution in [-0.4, -0.2) is 23.0 Å². The van der Waals surface area contributed by atoms with E-state index in [1.54, 1.807) is 11.3 Å². The summed E-state index contributed by atoms with van der Waals surface area (Å²) in [6.45, 7) is 9.35. The van der Waals surface area contributed by atoms with Gasteiger partial charge in [0.15, 0.2) is 0 Å². The molecule has 0 saturated heterocycles. The maximum atomic E-state index is 11.5. The van der Waals surface area contributed by atoms with Crippen molar-refractivity contribution in [2.45, 2.75) is 46.2 Å². The fourth-order valence-electron chi connectivity index (χ4n) is 1.36. The first-order valence-corrected chi connectivity index (χ1v) is 6.67. The van der Waals surface area contributed by atoms with Gasteiger partial charge in [-0.1, -0.05) is 0 Å². The van der Waals surface area contributed by atoms with E-state index in [0.717, 1.165) is 17.2 Å². The predicted octanol–water partition coefficient (Wildman–Crippen LogP) is 1.85. The molecule has 0 unspecified atom stereocenters. The predicted molar refractivity (Wildman–Crippen MR) is 71.1 cm³/mol. The average Bonchev–Trinajstić information content (AvgIpc) is 2.56. The van der Waals surface area contributed by atoms with Crippen molar-refractivity contribution in [2.75, 3.05) is 6.54 Å². The quantitative estimate of drug-likeness (QED) is 0.789. The van der Waals surface area contributed by atoms with Crippen LogP contribution in [0.4, 0.5) is 0 Å². The van der Waals surface area contributed by atoms with E-state index in [4.69, 9.17) is 0 Å². The molecule has 1 rings (SSSR count). The Bertz CT molecular complexity index is 368. The number of hydrogen-bond donors (Lipinski definition) is 2. The van der Waals surface area contributed by atoms with Gasteiger partial charge in [0, 0.05) is 36.1 Å². The highest BCUT2D eigenvalue weighted by molar-refractivity contribution is 7.09. The number of carbonyl (C=O) groups is 1. The molecule has 0 aliphatic rings. The van der Waals surface area contributed by atoms with Crippen molar-refractivity contribution in [3.63, 3.8) is 0 Å². The highest BCUT2D eigenvalue weighted by Crippen LogP contribution is 2.07. The van der Waals surface area contributed by atoms with Gasteiger partial charge in [-0.05, 0) is 27.7 Å². The lowest BCUT2D eigenvalue weighted by atomic mass is 10.1. The molecule has 0 aliphatic carbocycles. The molecule has 1 aromatic heterocycles. The van der Waals surface area contributed by atoms with Gasteiger partial charge in [0.1, 0.15) is 5.01 Å². The van der Waals surface area contributed by atoms with Crippen LogP contribution in [0.3, 0.4) is 0 Å². The van der Waals surface area contributed by atoms with Crippen LogP contribution >= 0.6 is 11.3 Å². The van der Waals surface area contributed by atoms with E-state index < -0.39 is 0 Å². The number of nitrogens with zero attached hydrogens (tertiary/aromatic N) is 1. The second-order valence-corrected chi connectivity index (χ2v) is 6.05. The molecule has 0 aliphatic heterocycles. The summed E-state index contributed by atoms with van der Waals surface area (Å²) >= 11 is 1.64. The average molecular weight is 255 g/mol. The second-order valence-electron chi connectivity index (χ2n) is 5.11. The Kier molecular flexibility index (Phi) is 5.08. The number of aromatic nitrogens is 1. The van der Waals surface area contributed by atoms with Crippen molar-refractivity contribution in [3.05, 3.63) is 16.1 Å². The fourth-order valence-corrected chi connectivity index (χ4v) is 2.10. The third kappa shape index (κ3) is 6.38. The van der Waals surface area contributed by atoms with Gasteiger partial charge in [0.2, 0.25) is 5.91 Å². The SMILES string of the molecule is Cc1csc(CNCCC(=O)NC(C)(C)C)n1. The first-order chi connectivity index (χ1) is 7.87. The van der Waals surface area contributed by atoms with Crippen LogP contribution in [0.1, 0.15) is 37.9 Å². The molecule has 0 saturated carbocycles. The van der Waals surface area contributed by atoms with E-state index in [1.807, 2.05) is 33.1 Å². The Morgan fingerprint density at radius 3 is 2.71 bits per heavy atom. The molecule has 4 nitrogen and oxygen atoms in total. The number of thiazole rings is 1. The van der Waals surface area contributed by atoms with Crippen LogP contribution in [0.15, 0.2) is 5.38 Å². The van der Waals surface area contributed by atoms with E-state index in [0.29, 0.717) is 13.0 Å². The van der Waals surface area contributed by atoms with Crippen LogP contribution in [-0.2, 0) is 11.3 Å². The molecule has 17 heavy (non-hydrogen) atoms. The molecule has 1 aromatic rings. The standard InChI is InChI=1S/C12H21N3OS/c1-9-8-17-11(14-9)7-13-6-5-10(16)15-12(2,3)4/h8,13H,5-7H2,1-4H3,(H,15,16). The van der Waals surface area contributed by atoms with Crippen molar-refractivity contribution in [1.82, 2.24) is 15.6 Å². The fraction of sp³-hybridized carbons (Fsp3) is 0.667. The van der Waals surface area contributed by atoms with Gasteiger partial charge in [0.25, 0.3) is 0 Å². The van der Waals surface area contributed by atoms with Gasteiger partial charge < -0.3 is 10.6 Å². The zero-order valence-corrected chi connectivity index (χ0v) is 11.8. The lowest BCUT2D eigenvalue weighted by Crippen LogP contribution is -2.41. The van der Waals surface area contributed by atoms with E-state index in [1.165, 1.54) is 0 Å². The summed E-state index contributed by atoms with van der Waals surface area (Å²) in [6, 6.07) is 0. The Hall–Kier alpha value is -0.940. The van der Waals surface area contributed by atoms with Gasteiger partial charge in [-0.15, -0.1) is 11.3 Å². The smallest absolute Gasteiger partial charge is 0.221 e. The summed E-state index contributed by atoms with van der Waals surface area (Å²) < 4.78 is 0. The first kappa shape index (κ1) is 14.1. The maximum Gasteiger partial charge on any atom is 0.221 e. The summed E-state index contributed by atoms with van der Waals surface area (Å²) in [5.41, 5.74) is 0.904. The number of amides is 1. The van der Waals surface area contributed by atoms with Crippen LogP contribution in [0.5, 0.6) is 0 Å². The summed E-state index contributed by atoms with van der Waals surface area (Å²) in [5, 5.41) is 9.25. The number of rotatable bonds is 5. The second kappa shape index (κ2) is 6.12. The monoisotopic (exact) mass is 255 g/mol. The zero-order chi connectivity index (χ0) is 12.9. The van der Waals surface area contributed by atoms with Crippen LogP contribution in [0.25, 0.3) is 0 Å². The molecular formula is C12H21N3OS. The minimum absolute atomic E-state index is 0.0836. The molecule has 0 aromatic carbocycles. The lowest BCUT2D eigenvalue weighted by molar-refractivity contribution is -0.122. The molecule has 5 heteroatoms. The van der Waals surface area contributed by atoms with Crippen molar-refractivity contribution >= 4 is 17.2 Å². The number of aryl methyl sites for hydroxylation is 1.